The molecule has 6 nitrogen and oxygen atoms in total. The van der Waals surface area contributed by atoms with Crippen molar-refractivity contribution in [3.05, 3.63) is 56.1 Å². The summed E-state index contributed by atoms with van der Waals surface area (Å²) < 4.78 is 27.9. The van der Waals surface area contributed by atoms with Crippen LogP contribution in [0.3, 0.4) is 0 Å². The summed E-state index contributed by atoms with van der Waals surface area (Å²) >= 11 is 7.15. The maximum Gasteiger partial charge on any atom is 0.245 e. The third-order valence-corrected chi connectivity index (χ3v) is 7.49. The number of hydrogen-bond donors (Lipinski definition) is 2. The van der Waals surface area contributed by atoms with Crippen LogP contribution in [0.2, 0.25) is 4.34 Å². The van der Waals surface area contributed by atoms with E-state index in [1.807, 2.05) is 12.1 Å². The highest BCUT2D eigenvalue weighted by molar-refractivity contribution is 7.92. The van der Waals surface area contributed by atoms with Gasteiger partial charge in [-0.2, -0.15) is 4.72 Å². The van der Waals surface area contributed by atoms with Crippen molar-refractivity contribution >= 4 is 50.6 Å². The van der Waals surface area contributed by atoms with E-state index in [9.17, 15) is 13.2 Å². The average molecular weight is 452 g/mol. The number of nitrogens with one attached hydrogen (secondary N) is 2. The zero-order valence-electron chi connectivity index (χ0n) is 15.9. The molecule has 2 aliphatic rings. The van der Waals surface area contributed by atoms with Crippen LogP contribution in [-0.2, 0) is 27.8 Å². The summed E-state index contributed by atoms with van der Waals surface area (Å²) in [6.45, 7) is 3.46. The lowest BCUT2D eigenvalue weighted by molar-refractivity contribution is -0.118. The fourth-order valence-electron chi connectivity index (χ4n) is 3.69. The average Bonchev–Trinajstić information content (AvgIpc) is 3.25. The number of halogens is 1. The molecule has 2 aromatic rings. The van der Waals surface area contributed by atoms with Gasteiger partial charge in [0.2, 0.25) is 15.9 Å². The van der Waals surface area contributed by atoms with Crippen molar-refractivity contribution in [3.8, 4) is 0 Å². The molecule has 0 radical (unpaired) electrons. The fourth-order valence-corrected chi connectivity index (χ4v) is 5.76. The molecule has 0 aliphatic carbocycles. The van der Waals surface area contributed by atoms with Crippen LogP contribution in [0.4, 0.5) is 5.69 Å². The van der Waals surface area contributed by atoms with Crippen LogP contribution in [-0.4, -0.2) is 33.0 Å². The van der Waals surface area contributed by atoms with Crippen molar-refractivity contribution in [1.29, 1.82) is 0 Å². The van der Waals surface area contributed by atoms with Crippen LogP contribution < -0.4 is 14.9 Å². The lowest BCUT2D eigenvalue weighted by atomic mass is 9.96. The van der Waals surface area contributed by atoms with Gasteiger partial charge in [0.05, 0.1) is 4.34 Å². The van der Waals surface area contributed by atoms with Gasteiger partial charge >= 0.3 is 0 Å². The minimum atomic E-state index is -3.74. The number of carbonyl (C=O) groups excluding carboxylic acids is 1. The Bertz CT molecular complexity index is 1060. The topological polar surface area (TPSA) is 78.5 Å². The van der Waals surface area contributed by atoms with Crippen LogP contribution in [0.25, 0.3) is 6.08 Å². The number of sulfonamides is 1. The Hall–Kier alpha value is -1.71. The first-order valence-electron chi connectivity index (χ1n) is 9.43. The first-order chi connectivity index (χ1) is 13.8. The number of carbonyl (C=O) groups is 1. The number of thiophene rings is 1. The molecule has 1 aromatic carbocycles. The summed E-state index contributed by atoms with van der Waals surface area (Å²) in [5.41, 5.74) is 3.31. The normalized spacial score (nSPS) is 22.4. The maximum atomic E-state index is 12.8. The van der Waals surface area contributed by atoms with Crippen molar-refractivity contribution in [1.82, 2.24) is 10.0 Å². The quantitative estimate of drug-likeness (QED) is 0.732. The number of nitrogens with zero attached hydrogens (tertiary/aromatic N) is 1. The highest BCUT2D eigenvalue weighted by Crippen LogP contribution is 2.27. The van der Waals surface area contributed by atoms with Gasteiger partial charge < -0.3 is 10.2 Å². The third kappa shape index (κ3) is 4.73. The molecule has 2 atom stereocenters. The molecular formula is C20H22ClN3O3S2. The van der Waals surface area contributed by atoms with E-state index in [0.717, 1.165) is 28.9 Å². The number of hydrogen-bond acceptors (Lipinski definition) is 5. The van der Waals surface area contributed by atoms with E-state index >= 15 is 0 Å². The Balaban J connectivity index is 1.45. The van der Waals surface area contributed by atoms with E-state index in [4.69, 9.17) is 11.6 Å². The summed E-state index contributed by atoms with van der Waals surface area (Å²) in [7, 11) is -3.74. The van der Waals surface area contributed by atoms with Crippen LogP contribution in [0.15, 0.2) is 35.7 Å². The highest BCUT2D eigenvalue weighted by Gasteiger charge is 2.35. The van der Waals surface area contributed by atoms with E-state index in [0.29, 0.717) is 23.3 Å². The number of rotatable bonds is 5. The maximum absolute atomic E-state index is 12.8. The number of fused-ring (bicyclic) bond motifs is 1. The monoisotopic (exact) mass is 451 g/mol. The van der Waals surface area contributed by atoms with Gasteiger partial charge in [-0.25, -0.2) is 8.42 Å². The molecule has 3 heterocycles. The van der Waals surface area contributed by atoms with Gasteiger partial charge in [0.1, 0.15) is 6.04 Å². The molecule has 1 saturated heterocycles. The zero-order chi connectivity index (χ0) is 20.6. The van der Waals surface area contributed by atoms with Crippen LogP contribution in [0, 0.1) is 0 Å². The molecule has 2 N–H and O–H groups in total. The lowest BCUT2D eigenvalue weighted by Gasteiger charge is -2.25. The summed E-state index contributed by atoms with van der Waals surface area (Å²) in [6.07, 6.45) is 2.83. The summed E-state index contributed by atoms with van der Waals surface area (Å²) in [5, 5.41) is 4.51. The molecule has 1 aromatic heterocycles. The van der Waals surface area contributed by atoms with Gasteiger partial charge in [-0.05, 0) is 61.2 Å². The first kappa shape index (κ1) is 20.6. The molecule has 2 aliphatic heterocycles. The van der Waals surface area contributed by atoms with E-state index in [2.05, 4.69) is 23.0 Å². The van der Waals surface area contributed by atoms with Gasteiger partial charge in [0.25, 0.3) is 0 Å². The Morgan fingerprint density at radius 2 is 2.10 bits per heavy atom. The standard InChI is InChI=1S/C20H22ClN3O3S2/c1-13-10-15-11-16(3-2-14(15)12-22-13)24-8-6-18(20(24)25)23-29(26,27)9-7-17-4-5-19(21)28-17/h2-5,7,9,11,13,18,22-23H,6,8,10,12H2,1H3/b9-7+/t13-,18-/m0/s1. The molecule has 0 saturated carbocycles. The molecule has 9 heteroatoms. The second-order valence-electron chi connectivity index (χ2n) is 7.38. The van der Waals surface area contributed by atoms with Crippen molar-refractivity contribution in [2.24, 2.45) is 0 Å². The predicted octanol–water partition coefficient (Wildman–Crippen LogP) is 3.13. The van der Waals surface area contributed by atoms with Crippen LogP contribution in [0.5, 0.6) is 0 Å². The van der Waals surface area contributed by atoms with Crippen LogP contribution in [0.1, 0.15) is 29.3 Å². The molecule has 154 valence electrons. The first-order valence-corrected chi connectivity index (χ1v) is 12.2. The van der Waals surface area contributed by atoms with E-state index in [1.54, 1.807) is 17.0 Å². The summed E-state index contributed by atoms with van der Waals surface area (Å²) in [6, 6.07) is 9.13. The van der Waals surface area contributed by atoms with Gasteiger partial charge in [0.15, 0.2) is 0 Å². The van der Waals surface area contributed by atoms with E-state index < -0.39 is 16.1 Å². The second-order valence-corrected chi connectivity index (χ2v) is 10.7. The SMILES string of the molecule is C[C@H]1Cc2cc(N3CC[C@H](NS(=O)(=O)/C=C/c4ccc(Cl)s4)C3=O)ccc2CN1. The largest absolute Gasteiger partial charge is 0.311 e. The number of anilines is 1. The van der Waals surface area contributed by atoms with Crippen molar-refractivity contribution in [2.45, 2.75) is 38.4 Å². The zero-order valence-corrected chi connectivity index (χ0v) is 18.3. The molecule has 0 unspecified atom stereocenters. The smallest absolute Gasteiger partial charge is 0.245 e. The van der Waals surface area contributed by atoms with Crippen molar-refractivity contribution in [2.75, 3.05) is 11.4 Å². The Morgan fingerprint density at radius 3 is 2.86 bits per heavy atom. The number of benzene rings is 1. The third-order valence-electron chi connectivity index (χ3n) is 5.19. The second kappa shape index (κ2) is 8.20. The Morgan fingerprint density at radius 1 is 1.28 bits per heavy atom. The van der Waals surface area contributed by atoms with Gasteiger partial charge in [-0.1, -0.05) is 17.7 Å². The lowest BCUT2D eigenvalue weighted by Crippen LogP contribution is -2.40. The van der Waals surface area contributed by atoms with E-state index in [-0.39, 0.29) is 5.91 Å². The molecule has 1 amide bonds. The minimum absolute atomic E-state index is 0.219. The predicted molar refractivity (Wildman–Crippen MR) is 118 cm³/mol. The summed E-state index contributed by atoms with van der Waals surface area (Å²) in [4.78, 5) is 15.2. The molecule has 29 heavy (non-hydrogen) atoms. The molecule has 4 rings (SSSR count). The number of amides is 1. The molecule has 0 bridgehead atoms. The Labute approximate surface area is 179 Å². The van der Waals surface area contributed by atoms with Gasteiger partial charge in [0, 0.05) is 35.1 Å². The van der Waals surface area contributed by atoms with Crippen molar-refractivity contribution < 1.29 is 13.2 Å². The van der Waals surface area contributed by atoms with Crippen LogP contribution >= 0.6 is 22.9 Å². The summed E-state index contributed by atoms with van der Waals surface area (Å²) in [5.74, 6) is -0.219. The van der Waals surface area contributed by atoms with Gasteiger partial charge in [-0.15, -0.1) is 11.3 Å². The van der Waals surface area contributed by atoms with Crippen molar-refractivity contribution in [3.63, 3.8) is 0 Å². The highest BCUT2D eigenvalue weighted by atomic mass is 35.5. The van der Waals surface area contributed by atoms with Gasteiger partial charge in [-0.3, -0.25) is 4.79 Å². The Kier molecular flexibility index (Phi) is 5.81. The molecule has 0 spiro atoms. The minimum Gasteiger partial charge on any atom is -0.311 e. The molecular weight excluding hydrogens is 430 g/mol. The fraction of sp³-hybridized carbons (Fsp3) is 0.350. The van der Waals surface area contributed by atoms with E-state index in [1.165, 1.54) is 28.5 Å². The molecule has 1 fully saturated rings.